The largest absolute Gasteiger partial charge is 0.457 e. The van der Waals surface area contributed by atoms with E-state index < -0.39 is 5.97 Å². The Morgan fingerprint density at radius 2 is 1.96 bits per heavy atom. The van der Waals surface area contributed by atoms with Gasteiger partial charge in [-0.3, -0.25) is 14.4 Å². The first kappa shape index (κ1) is 17.5. The van der Waals surface area contributed by atoms with Crippen LogP contribution in [0.25, 0.3) is 0 Å². The van der Waals surface area contributed by atoms with Crippen molar-refractivity contribution in [2.75, 3.05) is 19.7 Å². The topological polar surface area (TPSA) is 63.7 Å². The highest BCUT2D eigenvalue weighted by atomic mass is 35.5. The van der Waals surface area contributed by atoms with E-state index in [2.05, 4.69) is 0 Å². The van der Waals surface area contributed by atoms with E-state index in [1.54, 1.807) is 36.1 Å². The lowest BCUT2D eigenvalue weighted by molar-refractivity contribution is -0.150. The van der Waals surface area contributed by atoms with Crippen LogP contribution in [0.4, 0.5) is 0 Å². The lowest BCUT2D eigenvalue weighted by Crippen LogP contribution is -2.42. The summed E-state index contributed by atoms with van der Waals surface area (Å²) in [6.45, 7) is 2.56. The fraction of sp³-hybridized carbons (Fsp3) is 0.471. The average Bonchev–Trinajstić information content (AvgIpc) is 2.59. The Morgan fingerprint density at radius 1 is 1.26 bits per heavy atom. The minimum absolute atomic E-state index is 0.0414. The van der Waals surface area contributed by atoms with E-state index in [0.717, 1.165) is 6.42 Å². The Hall–Kier alpha value is -1.88. The van der Waals surface area contributed by atoms with Crippen molar-refractivity contribution in [2.45, 2.75) is 26.2 Å². The molecular formula is C17H20ClNO4. The summed E-state index contributed by atoms with van der Waals surface area (Å²) in [5.74, 6) is -0.995. The minimum Gasteiger partial charge on any atom is -0.457 e. The molecule has 0 bridgehead atoms. The molecule has 1 aromatic carbocycles. The molecule has 23 heavy (non-hydrogen) atoms. The molecule has 1 unspecified atom stereocenters. The molecule has 1 saturated heterocycles. The Labute approximate surface area is 140 Å². The fourth-order valence-corrected chi connectivity index (χ4v) is 2.72. The van der Waals surface area contributed by atoms with Crippen molar-refractivity contribution in [3.8, 4) is 0 Å². The number of Topliss-reactive ketones (excluding diaryl/α,β-unsaturated/α-hetero) is 1. The van der Waals surface area contributed by atoms with Crippen LogP contribution >= 0.6 is 11.6 Å². The van der Waals surface area contributed by atoms with Crippen LogP contribution in [-0.2, 0) is 14.3 Å². The molecule has 0 aliphatic carbocycles. The lowest BCUT2D eigenvalue weighted by Gasteiger charge is -2.31. The van der Waals surface area contributed by atoms with Gasteiger partial charge in [-0.25, -0.2) is 0 Å². The summed E-state index contributed by atoms with van der Waals surface area (Å²) in [6.07, 6.45) is 1.88. The quantitative estimate of drug-likeness (QED) is 0.612. The summed E-state index contributed by atoms with van der Waals surface area (Å²) >= 11 is 5.77. The molecule has 124 valence electrons. The number of benzene rings is 1. The second kappa shape index (κ2) is 8.11. The molecule has 5 nitrogen and oxygen atoms in total. The summed E-state index contributed by atoms with van der Waals surface area (Å²) < 4.78 is 5.13. The zero-order chi connectivity index (χ0) is 16.8. The first-order valence-electron chi connectivity index (χ1n) is 7.74. The van der Waals surface area contributed by atoms with Gasteiger partial charge in [0.15, 0.2) is 12.4 Å². The van der Waals surface area contributed by atoms with Gasteiger partial charge in [-0.1, -0.05) is 18.5 Å². The maximum Gasteiger partial charge on any atom is 0.311 e. The SMILES string of the molecule is CCC(=O)N1CCCC(C(=O)OCC(=O)c2ccc(Cl)cc2)C1. The number of piperidine rings is 1. The molecule has 1 amide bonds. The third kappa shape index (κ3) is 4.79. The summed E-state index contributed by atoms with van der Waals surface area (Å²) in [7, 11) is 0. The fourth-order valence-electron chi connectivity index (χ4n) is 2.59. The highest BCUT2D eigenvalue weighted by molar-refractivity contribution is 6.30. The number of amides is 1. The number of ether oxygens (including phenoxy) is 1. The number of ketones is 1. The smallest absolute Gasteiger partial charge is 0.311 e. The molecule has 0 spiro atoms. The molecule has 1 aliphatic rings. The third-order valence-electron chi connectivity index (χ3n) is 3.92. The number of nitrogens with zero attached hydrogens (tertiary/aromatic N) is 1. The highest BCUT2D eigenvalue weighted by Crippen LogP contribution is 2.19. The van der Waals surface area contributed by atoms with E-state index in [9.17, 15) is 14.4 Å². The van der Waals surface area contributed by atoms with E-state index in [1.807, 2.05) is 0 Å². The van der Waals surface area contributed by atoms with Gasteiger partial charge in [0, 0.05) is 30.1 Å². The normalized spacial score (nSPS) is 17.7. The van der Waals surface area contributed by atoms with Gasteiger partial charge in [-0.15, -0.1) is 0 Å². The standard InChI is InChI=1S/C17H20ClNO4/c1-2-16(21)19-9-3-4-13(10-19)17(22)23-11-15(20)12-5-7-14(18)8-6-12/h5-8,13H,2-4,9-11H2,1H3. The van der Waals surface area contributed by atoms with Crippen LogP contribution in [0.3, 0.4) is 0 Å². The number of likely N-dealkylation sites (tertiary alicyclic amines) is 1. The number of esters is 1. The zero-order valence-electron chi connectivity index (χ0n) is 13.1. The van der Waals surface area contributed by atoms with Crippen molar-refractivity contribution in [3.63, 3.8) is 0 Å². The van der Waals surface area contributed by atoms with Gasteiger partial charge in [0.05, 0.1) is 5.92 Å². The van der Waals surface area contributed by atoms with Crippen molar-refractivity contribution in [1.29, 1.82) is 0 Å². The molecule has 1 aromatic rings. The van der Waals surface area contributed by atoms with Crippen LogP contribution in [0.1, 0.15) is 36.5 Å². The average molecular weight is 338 g/mol. The minimum atomic E-state index is -0.416. The van der Waals surface area contributed by atoms with Crippen LogP contribution in [0.2, 0.25) is 5.02 Å². The van der Waals surface area contributed by atoms with E-state index in [-0.39, 0.29) is 24.2 Å². The predicted octanol–water partition coefficient (Wildman–Crippen LogP) is 2.71. The maximum atomic E-state index is 12.1. The molecule has 1 heterocycles. The van der Waals surface area contributed by atoms with E-state index in [4.69, 9.17) is 16.3 Å². The van der Waals surface area contributed by atoms with Gasteiger partial charge in [-0.05, 0) is 37.1 Å². The van der Waals surface area contributed by atoms with Crippen molar-refractivity contribution in [1.82, 2.24) is 4.90 Å². The van der Waals surface area contributed by atoms with Crippen molar-refractivity contribution in [3.05, 3.63) is 34.9 Å². The summed E-state index contributed by atoms with van der Waals surface area (Å²) in [5, 5.41) is 0.543. The first-order valence-corrected chi connectivity index (χ1v) is 8.12. The summed E-state index contributed by atoms with van der Waals surface area (Å²) in [6, 6.07) is 6.43. The van der Waals surface area contributed by atoms with E-state index >= 15 is 0 Å². The second-order valence-electron chi connectivity index (χ2n) is 5.57. The molecule has 1 atom stereocenters. The Kier molecular flexibility index (Phi) is 6.16. The van der Waals surface area contributed by atoms with Crippen LogP contribution in [-0.4, -0.2) is 42.3 Å². The van der Waals surface area contributed by atoms with Gasteiger partial charge in [0.25, 0.3) is 0 Å². The predicted molar refractivity (Wildman–Crippen MR) is 86.3 cm³/mol. The number of carbonyl (C=O) groups excluding carboxylic acids is 3. The third-order valence-corrected chi connectivity index (χ3v) is 4.17. The second-order valence-corrected chi connectivity index (χ2v) is 6.01. The monoisotopic (exact) mass is 337 g/mol. The van der Waals surface area contributed by atoms with Crippen molar-refractivity contribution < 1.29 is 19.1 Å². The summed E-state index contributed by atoms with van der Waals surface area (Å²) in [5.41, 5.74) is 0.452. The molecule has 0 radical (unpaired) electrons. The Bertz CT molecular complexity index is 585. The Balaban J connectivity index is 1.85. The molecule has 0 aromatic heterocycles. The summed E-state index contributed by atoms with van der Waals surface area (Å²) in [4.78, 5) is 37.5. The van der Waals surface area contributed by atoms with E-state index in [0.29, 0.717) is 36.5 Å². The van der Waals surface area contributed by atoms with Gasteiger partial charge in [-0.2, -0.15) is 0 Å². The maximum absolute atomic E-state index is 12.1. The van der Waals surface area contributed by atoms with Crippen LogP contribution in [0.15, 0.2) is 24.3 Å². The molecule has 6 heteroatoms. The zero-order valence-corrected chi connectivity index (χ0v) is 13.8. The van der Waals surface area contributed by atoms with Gasteiger partial charge in [0.2, 0.25) is 5.91 Å². The number of carbonyl (C=O) groups is 3. The number of hydrogen-bond acceptors (Lipinski definition) is 4. The molecule has 0 saturated carbocycles. The molecule has 1 fully saturated rings. The van der Waals surface area contributed by atoms with Crippen LogP contribution in [0, 0.1) is 5.92 Å². The number of hydrogen-bond donors (Lipinski definition) is 0. The van der Waals surface area contributed by atoms with Gasteiger partial charge >= 0.3 is 5.97 Å². The first-order chi connectivity index (χ1) is 11.0. The van der Waals surface area contributed by atoms with Crippen LogP contribution < -0.4 is 0 Å². The van der Waals surface area contributed by atoms with Gasteiger partial charge in [0.1, 0.15) is 0 Å². The van der Waals surface area contributed by atoms with E-state index in [1.165, 1.54) is 0 Å². The van der Waals surface area contributed by atoms with Crippen molar-refractivity contribution >= 4 is 29.3 Å². The molecule has 2 rings (SSSR count). The Morgan fingerprint density at radius 3 is 2.61 bits per heavy atom. The number of halogens is 1. The number of rotatable bonds is 5. The van der Waals surface area contributed by atoms with Gasteiger partial charge < -0.3 is 9.64 Å². The lowest BCUT2D eigenvalue weighted by atomic mass is 9.98. The molecule has 1 aliphatic heterocycles. The molecule has 0 N–H and O–H groups in total. The molecular weight excluding hydrogens is 318 g/mol. The van der Waals surface area contributed by atoms with Crippen molar-refractivity contribution in [2.24, 2.45) is 5.92 Å². The highest BCUT2D eigenvalue weighted by Gasteiger charge is 2.29. The van der Waals surface area contributed by atoms with Crippen LogP contribution in [0.5, 0.6) is 0 Å².